The molecule has 0 N–H and O–H groups in total. The fourth-order valence-electron chi connectivity index (χ4n) is 2.72. The molecule has 30 heavy (non-hydrogen) atoms. The van der Waals surface area contributed by atoms with Gasteiger partial charge < -0.3 is 18.9 Å². The van der Waals surface area contributed by atoms with Crippen molar-refractivity contribution in [2.75, 3.05) is 31.3 Å². The Hall–Kier alpha value is -3.62. The Morgan fingerprint density at radius 1 is 1.07 bits per heavy atom. The molecule has 1 aliphatic heterocycles. The molecule has 9 heteroatoms. The first kappa shape index (κ1) is 21.1. The number of rotatable bonds is 7. The van der Waals surface area contributed by atoms with E-state index in [9.17, 15) is 18.8 Å². The van der Waals surface area contributed by atoms with Crippen LogP contribution in [-0.4, -0.2) is 50.3 Å². The van der Waals surface area contributed by atoms with E-state index in [0.29, 0.717) is 11.5 Å². The Labute approximate surface area is 172 Å². The number of para-hydroxylation sites is 2. The van der Waals surface area contributed by atoms with Crippen molar-refractivity contribution in [3.8, 4) is 11.5 Å². The van der Waals surface area contributed by atoms with Gasteiger partial charge in [0.05, 0.1) is 6.61 Å². The predicted molar refractivity (Wildman–Crippen MR) is 103 cm³/mol. The van der Waals surface area contributed by atoms with Gasteiger partial charge in [0.15, 0.2) is 18.1 Å². The average molecular weight is 417 g/mol. The SMILES string of the molecule is CCOC(=O)CN(C(=O)COC(=O)C1COc2ccccc2O1)c1ccc(F)cc1. The molecule has 0 bridgehead atoms. The minimum Gasteiger partial charge on any atom is -0.485 e. The molecule has 1 aliphatic rings. The van der Waals surface area contributed by atoms with Gasteiger partial charge in [0.1, 0.15) is 19.0 Å². The van der Waals surface area contributed by atoms with E-state index in [0.717, 1.165) is 17.0 Å². The van der Waals surface area contributed by atoms with Crippen LogP contribution in [0.4, 0.5) is 10.1 Å². The summed E-state index contributed by atoms with van der Waals surface area (Å²) in [6, 6.07) is 11.8. The zero-order valence-corrected chi connectivity index (χ0v) is 16.2. The molecule has 1 heterocycles. The van der Waals surface area contributed by atoms with Crippen molar-refractivity contribution in [1.29, 1.82) is 0 Å². The van der Waals surface area contributed by atoms with E-state index in [1.165, 1.54) is 12.1 Å². The van der Waals surface area contributed by atoms with Crippen molar-refractivity contribution in [3.63, 3.8) is 0 Å². The van der Waals surface area contributed by atoms with Gasteiger partial charge in [-0.15, -0.1) is 0 Å². The second kappa shape index (κ2) is 9.73. The number of hydrogen-bond donors (Lipinski definition) is 0. The van der Waals surface area contributed by atoms with Gasteiger partial charge in [-0.05, 0) is 43.3 Å². The van der Waals surface area contributed by atoms with Crippen LogP contribution in [0.2, 0.25) is 0 Å². The fraction of sp³-hybridized carbons (Fsp3) is 0.286. The summed E-state index contributed by atoms with van der Waals surface area (Å²) < 4.78 is 34.1. The van der Waals surface area contributed by atoms with Crippen molar-refractivity contribution in [2.24, 2.45) is 0 Å². The van der Waals surface area contributed by atoms with Gasteiger partial charge in [-0.3, -0.25) is 14.5 Å². The largest absolute Gasteiger partial charge is 0.485 e. The molecule has 0 spiro atoms. The van der Waals surface area contributed by atoms with Crippen molar-refractivity contribution in [1.82, 2.24) is 0 Å². The topological polar surface area (TPSA) is 91.4 Å². The zero-order chi connectivity index (χ0) is 21.5. The molecule has 0 aliphatic carbocycles. The van der Waals surface area contributed by atoms with Crippen LogP contribution in [0.3, 0.4) is 0 Å². The summed E-state index contributed by atoms with van der Waals surface area (Å²) in [5.74, 6) is -1.71. The van der Waals surface area contributed by atoms with Crippen molar-refractivity contribution >= 4 is 23.5 Å². The maximum atomic E-state index is 13.2. The smallest absolute Gasteiger partial charge is 0.351 e. The van der Waals surface area contributed by atoms with Gasteiger partial charge in [-0.25, -0.2) is 9.18 Å². The molecular formula is C21H20FNO7. The average Bonchev–Trinajstić information content (AvgIpc) is 2.76. The third kappa shape index (κ3) is 5.25. The van der Waals surface area contributed by atoms with E-state index < -0.39 is 42.9 Å². The van der Waals surface area contributed by atoms with Crippen LogP contribution in [0, 0.1) is 5.82 Å². The van der Waals surface area contributed by atoms with Crippen LogP contribution < -0.4 is 14.4 Å². The van der Waals surface area contributed by atoms with E-state index in [1.807, 2.05) is 0 Å². The molecular weight excluding hydrogens is 397 g/mol. The Bertz CT molecular complexity index is 916. The summed E-state index contributed by atoms with van der Waals surface area (Å²) >= 11 is 0. The summed E-state index contributed by atoms with van der Waals surface area (Å²) in [7, 11) is 0. The monoisotopic (exact) mass is 417 g/mol. The Morgan fingerprint density at radius 3 is 2.47 bits per heavy atom. The summed E-state index contributed by atoms with van der Waals surface area (Å²) in [5, 5.41) is 0. The summed E-state index contributed by atoms with van der Waals surface area (Å²) in [6.45, 7) is 0.659. The quantitative estimate of drug-likeness (QED) is 0.637. The lowest BCUT2D eigenvalue weighted by molar-refractivity contribution is -0.157. The second-order valence-electron chi connectivity index (χ2n) is 6.23. The zero-order valence-electron chi connectivity index (χ0n) is 16.2. The van der Waals surface area contributed by atoms with Gasteiger partial charge in [0.2, 0.25) is 6.10 Å². The number of carbonyl (C=O) groups is 3. The molecule has 8 nitrogen and oxygen atoms in total. The number of carbonyl (C=O) groups excluding carboxylic acids is 3. The molecule has 2 aromatic carbocycles. The number of benzene rings is 2. The van der Waals surface area contributed by atoms with Crippen LogP contribution in [0.25, 0.3) is 0 Å². The highest BCUT2D eigenvalue weighted by atomic mass is 19.1. The molecule has 3 rings (SSSR count). The highest BCUT2D eigenvalue weighted by molar-refractivity contribution is 5.99. The third-order valence-corrected chi connectivity index (χ3v) is 4.14. The Morgan fingerprint density at radius 2 is 1.77 bits per heavy atom. The van der Waals surface area contributed by atoms with Crippen molar-refractivity contribution in [2.45, 2.75) is 13.0 Å². The molecule has 0 radical (unpaired) electrons. The first-order valence-corrected chi connectivity index (χ1v) is 9.24. The van der Waals surface area contributed by atoms with E-state index in [-0.39, 0.29) is 18.9 Å². The van der Waals surface area contributed by atoms with E-state index in [1.54, 1.807) is 31.2 Å². The van der Waals surface area contributed by atoms with Crippen LogP contribution in [0.15, 0.2) is 48.5 Å². The molecule has 1 unspecified atom stereocenters. The molecule has 0 saturated heterocycles. The molecule has 158 valence electrons. The molecule has 0 saturated carbocycles. The highest BCUT2D eigenvalue weighted by Gasteiger charge is 2.30. The highest BCUT2D eigenvalue weighted by Crippen LogP contribution is 2.31. The molecule has 1 atom stereocenters. The van der Waals surface area contributed by atoms with E-state index >= 15 is 0 Å². The van der Waals surface area contributed by atoms with Gasteiger partial charge in [-0.2, -0.15) is 0 Å². The summed E-state index contributed by atoms with van der Waals surface area (Å²) in [6.07, 6.45) is -1.03. The number of halogens is 1. The van der Waals surface area contributed by atoms with Crippen LogP contribution in [-0.2, 0) is 23.9 Å². The summed E-state index contributed by atoms with van der Waals surface area (Å²) in [4.78, 5) is 37.9. The third-order valence-electron chi connectivity index (χ3n) is 4.14. The minimum absolute atomic E-state index is 0.0610. The number of fused-ring (bicyclic) bond motifs is 1. The number of hydrogen-bond acceptors (Lipinski definition) is 7. The maximum absolute atomic E-state index is 13.2. The molecule has 0 fully saturated rings. The number of esters is 2. The van der Waals surface area contributed by atoms with Crippen LogP contribution in [0.5, 0.6) is 11.5 Å². The lowest BCUT2D eigenvalue weighted by Crippen LogP contribution is -2.42. The van der Waals surface area contributed by atoms with Gasteiger partial charge in [0, 0.05) is 5.69 Å². The number of anilines is 1. The number of amides is 1. The Balaban J connectivity index is 1.63. The summed E-state index contributed by atoms with van der Waals surface area (Å²) in [5.41, 5.74) is 0.261. The first-order chi connectivity index (χ1) is 14.5. The second-order valence-corrected chi connectivity index (χ2v) is 6.23. The predicted octanol–water partition coefficient (Wildman–Crippen LogP) is 2.11. The number of ether oxygens (including phenoxy) is 4. The maximum Gasteiger partial charge on any atom is 0.351 e. The van der Waals surface area contributed by atoms with E-state index in [2.05, 4.69) is 0 Å². The normalized spacial score (nSPS) is 14.5. The first-order valence-electron chi connectivity index (χ1n) is 9.24. The van der Waals surface area contributed by atoms with Gasteiger partial charge >= 0.3 is 11.9 Å². The van der Waals surface area contributed by atoms with Crippen molar-refractivity contribution in [3.05, 3.63) is 54.3 Å². The van der Waals surface area contributed by atoms with Gasteiger partial charge in [-0.1, -0.05) is 12.1 Å². The fourth-order valence-corrected chi connectivity index (χ4v) is 2.72. The van der Waals surface area contributed by atoms with Crippen LogP contribution >= 0.6 is 0 Å². The standard InChI is InChI=1S/C21H20FNO7/c1-2-27-20(25)11-23(15-9-7-14(22)8-10-15)19(24)13-29-21(26)18-12-28-16-5-3-4-6-17(16)30-18/h3-10,18H,2,11-13H2,1H3. The lowest BCUT2D eigenvalue weighted by atomic mass is 10.2. The molecule has 1 amide bonds. The van der Waals surface area contributed by atoms with Crippen molar-refractivity contribution < 1.29 is 37.7 Å². The van der Waals surface area contributed by atoms with E-state index in [4.69, 9.17) is 18.9 Å². The molecule has 0 aromatic heterocycles. The van der Waals surface area contributed by atoms with Gasteiger partial charge in [0.25, 0.3) is 5.91 Å². The lowest BCUT2D eigenvalue weighted by Gasteiger charge is -2.25. The Kier molecular flexibility index (Phi) is 6.84. The minimum atomic E-state index is -1.03. The number of nitrogens with zero attached hydrogens (tertiary/aromatic N) is 1. The van der Waals surface area contributed by atoms with Crippen LogP contribution in [0.1, 0.15) is 6.92 Å². The molecule has 2 aromatic rings.